The summed E-state index contributed by atoms with van der Waals surface area (Å²) >= 11 is 1.29. The number of nitrogens with one attached hydrogen (secondary N) is 1. The molecule has 0 atom stereocenters. The van der Waals surface area contributed by atoms with Gasteiger partial charge in [0.2, 0.25) is 10.0 Å². The third-order valence-corrected chi connectivity index (χ3v) is 6.15. The first kappa shape index (κ1) is 16.8. The van der Waals surface area contributed by atoms with E-state index in [1.54, 1.807) is 25.3 Å². The van der Waals surface area contributed by atoms with Gasteiger partial charge in [0.25, 0.3) is 0 Å². The Labute approximate surface area is 134 Å². The molecule has 0 saturated heterocycles. The number of aryl methyl sites for hydroxylation is 1. The molecule has 0 radical (unpaired) electrons. The van der Waals surface area contributed by atoms with Crippen molar-refractivity contribution < 1.29 is 17.9 Å². The van der Waals surface area contributed by atoms with Gasteiger partial charge >= 0.3 is 0 Å². The van der Waals surface area contributed by atoms with Crippen molar-refractivity contribution in [3.8, 4) is 11.5 Å². The van der Waals surface area contributed by atoms with Gasteiger partial charge < -0.3 is 9.47 Å². The van der Waals surface area contributed by atoms with Crippen LogP contribution in [-0.2, 0) is 16.4 Å². The van der Waals surface area contributed by atoms with Crippen LogP contribution in [0, 0.1) is 0 Å². The summed E-state index contributed by atoms with van der Waals surface area (Å²) in [6, 6.07) is 10.7. The van der Waals surface area contributed by atoms with Gasteiger partial charge in [-0.2, -0.15) is 0 Å². The second-order valence-electron chi connectivity index (χ2n) is 4.47. The van der Waals surface area contributed by atoms with Crippen LogP contribution in [0.5, 0.6) is 11.5 Å². The SMILES string of the molecule is CCc1ccc(S(=O)(=O)NCCOc2ccccc2OC)s1. The predicted molar refractivity (Wildman–Crippen MR) is 87.4 cm³/mol. The summed E-state index contributed by atoms with van der Waals surface area (Å²) in [7, 11) is -1.90. The monoisotopic (exact) mass is 341 g/mol. The van der Waals surface area contributed by atoms with E-state index < -0.39 is 10.0 Å². The molecule has 0 unspecified atom stereocenters. The van der Waals surface area contributed by atoms with Gasteiger partial charge in [0.1, 0.15) is 10.8 Å². The number of hydrogen-bond acceptors (Lipinski definition) is 5. The lowest BCUT2D eigenvalue weighted by molar-refractivity contribution is 0.299. The average molecular weight is 341 g/mol. The number of benzene rings is 1. The van der Waals surface area contributed by atoms with Gasteiger partial charge in [-0.15, -0.1) is 11.3 Å². The molecule has 2 aromatic rings. The Kier molecular flexibility index (Phi) is 5.82. The quantitative estimate of drug-likeness (QED) is 0.750. The van der Waals surface area contributed by atoms with Crippen LogP contribution in [0.4, 0.5) is 0 Å². The fourth-order valence-electron chi connectivity index (χ4n) is 1.84. The van der Waals surface area contributed by atoms with E-state index in [2.05, 4.69) is 4.72 Å². The molecule has 1 heterocycles. The topological polar surface area (TPSA) is 64.6 Å². The summed E-state index contributed by atoms with van der Waals surface area (Å²) in [5.74, 6) is 1.21. The summed E-state index contributed by atoms with van der Waals surface area (Å²) in [5, 5.41) is 0. The summed E-state index contributed by atoms with van der Waals surface area (Å²) in [4.78, 5) is 1.05. The van der Waals surface area contributed by atoms with Crippen LogP contribution in [-0.4, -0.2) is 28.7 Å². The van der Waals surface area contributed by atoms with Gasteiger partial charge in [0.15, 0.2) is 11.5 Å². The van der Waals surface area contributed by atoms with Gasteiger partial charge in [-0.1, -0.05) is 19.1 Å². The Hall–Kier alpha value is -1.57. The van der Waals surface area contributed by atoms with Crippen LogP contribution in [0.3, 0.4) is 0 Å². The number of ether oxygens (including phenoxy) is 2. The molecule has 1 N–H and O–H groups in total. The van der Waals surface area contributed by atoms with Crippen molar-refractivity contribution in [1.82, 2.24) is 4.72 Å². The van der Waals surface area contributed by atoms with E-state index in [4.69, 9.17) is 9.47 Å². The van der Waals surface area contributed by atoms with Crippen LogP contribution in [0.2, 0.25) is 0 Å². The van der Waals surface area contributed by atoms with Crippen molar-refractivity contribution in [1.29, 1.82) is 0 Å². The molecular formula is C15H19NO4S2. The van der Waals surface area contributed by atoms with Gasteiger partial charge in [0.05, 0.1) is 7.11 Å². The van der Waals surface area contributed by atoms with Crippen molar-refractivity contribution in [3.05, 3.63) is 41.3 Å². The van der Waals surface area contributed by atoms with Gasteiger partial charge in [0, 0.05) is 11.4 Å². The van der Waals surface area contributed by atoms with Crippen molar-refractivity contribution in [2.45, 2.75) is 17.6 Å². The fourth-order valence-corrected chi connectivity index (χ4v) is 4.19. The molecule has 0 aliphatic carbocycles. The maximum atomic E-state index is 12.1. The zero-order valence-corrected chi connectivity index (χ0v) is 14.2. The van der Waals surface area contributed by atoms with Gasteiger partial charge in [-0.25, -0.2) is 13.1 Å². The molecular weight excluding hydrogens is 322 g/mol. The standard InChI is InChI=1S/C15H19NO4S2/c1-3-12-8-9-15(21-12)22(17,18)16-10-11-20-14-7-5-4-6-13(14)19-2/h4-9,16H,3,10-11H2,1-2H3. The molecule has 7 heteroatoms. The van der Waals surface area contributed by atoms with E-state index >= 15 is 0 Å². The zero-order chi connectivity index (χ0) is 16.0. The van der Waals surface area contributed by atoms with E-state index in [-0.39, 0.29) is 13.2 Å². The van der Waals surface area contributed by atoms with Crippen LogP contribution in [0.1, 0.15) is 11.8 Å². The minimum Gasteiger partial charge on any atom is -0.493 e. The number of thiophene rings is 1. The number of hydrogen-bond donors (Lipinski definition) is 1. The molecule has 1 aromatic heterocycles. The minimum absolute atomic E-state index is 0.194. The van der Waals surface area contributed by atoms with Crippen LogP contribution >= 0.6 is 11.3 Å². The summed E-state index contributed by atoms with van der Waals surface area (Å²) < 4.78 is 37.8. The lowest BCUT2D eigenvalue weighted by atomic mass is 10.3. The number of para-hydroxylation sites is 2. The lowest BCUT2D eigenvalue weighted by Gasteiger charge is -2.10. The molecule has 0 amide bonds. The third-order valence-electron chi connectivity index (χ3n) is 2.97. The largest absolute Gasteiger partial charge is 0.493 e. The van der Waals surface area contributed by atoms with E-state index in [9.17, 15) is 8.42 Å². The van der Waals surface area contributed by atoms with E-state index in [1.165, 1.54) is 11.3 Å². The Morgan fingerprint density at radius 3 is 2.50 bits per heavy atom. The molecule has 0 spiro atoms. The van der Waals surface area contributed by atoms with E-state index in [1.807, 2.05) is 25.1 Å². The maximum Gasteiger partial charge on any atom is 0.250 e. The number of methoxy groups -OCH3 is 1. The van der Waals surface area contributed by atoms with Crippen molar-refractivity contribution >= 4 is 21.4 Å². The first-order chi connectivity index (χ1) is 10.6. The maximum absolute atomic E-state index is 12.1. The molecule has 0 aliphatic rings. The van der Waals surface area contributed by atoms with Crippen LogP contribution in [0.15, 0.2) is 40.6 Å². The van der Waals surface area contributed by atoms with Crippen molar-refractivity contribution in [2.24, 2.45) is 0 Å². The molecule has 1 aromatic carbocycles. The zero-order valence-electron chi connectivity index (χ0n) is 12.5. The second-order valence-corrected chi connectivity index (χ2v) is 7.63. The Morgan fingerprint density at radius 1 is 1.14 bits per heavy atom. The lowest BCUT2D eigenvalue weighted by Crippen LogP contribution is -2.27. The minimum atomic E-state index is -3.46. The van der Waals surface area contributed by atoms with E-state index in [0.29, 0.717) is 15.7 Å². The highest BCUT2D eigenvalue weighted by atomic mass is 32.2. The third kappa shape index (κ3) is 4.22. The Balaban J connectivity index is 1.88. The van der Waals surface area contributed by atoms with Crippen LogP contribution < -0.4 is 14.2 Å². The summed E-state index contributed by atoms with van der Waals surface area (Å²) in [6.07, 6.45) is 0.830. The first-order valence-electron chi connectivity index (χ1n) is 6.91. The molecule has 22 heavy (non-hydrogen) atoms. The normalized spacial score (nSPS) is 11.4. The first-order valence-corrected chi connectivity index (χ1v) is 9.21. The summed E-state index contributed by atoms with van der Waals surface area (Å²) in [5.41, 5.74) is 0. The molecule has 0 saturated carbocycles. The van der Waals surface area contributed by atoms with Gasteiger partial charge in [-0.05, 0) is 30.7 Å². The summed E-state index contributed by atoms with van der Waals surface area (Å²) in [6.45, 7) is 2.42. The Bertz CT molecular complexity index is 710. The van der Waals surface area contributed by atoms with E-state index in [0.717, 1.165) is 11.3 Å². The predicted octanol–water partition coefficient (Wildman–Crippen LogP) is 2.68. The number of rotatable bonds is 8. The highest BCUT2D eigenvalue weighted by Crippen LogP contribution is 2.25. The Morgan fingerprint density at radius 2 is 1.86 bits per heavy atom. The second kappa shape index (κ2) is 7.62. The van der Waals surface area contributed by atoms with Crippen molar-refractivity contribution in [2.75, 3.05) is 20.3 Å². The molecule has 120 valence electrons. The average Bonchev–Trinajstić information content (AvgIpc) is 3.02. The molecule has 5 nitrogen and oxygen atoms in total. The van der Waals surface area contributed by atoms with Gasteiger partial charge in [-0.3, -0.25) is 0 Å². The molecule has 2 rings (SSSR count). The molecule has 0 fully saturated rings. The highest BCUT2D eigenvalue weighted by Gasteiger charge is 2.16. The highest BCUT2D eigenvalue weighted by molar-refractivity contribution is 7.91. The fraction of sp³-hybridized carbons (Fsp3) is 0.333. The van der Waals surface area contributed by atoms with Crippen molar-refractivity contribution in [3.63, 3.8) is 0 Å². The number of sulfonamides is 1. The van der Waals surface area contributed by atoms with Crippen LogP contribution in [0.25, 0.3) is 0 Å². The molecule has 0 bridgehead atoms. The smallest absolute Gasteiger partial charge is 0.250 e. The molecule has 0 aliphatic heterocycles.